The van der Waals surface area contributed by atoms with E-state index in [4.69, 9.17) is 26.4 Å². The second kappa shape index (κ2) is 8.91. The predicted octanol–water partition coefficient (Wildman–Crippen LogP) is 3.74. The van der Waals surface area contributed by atoms with Gasteiger partial charge in [0.15, 0.2) is 6.23 Å². The summed E-state index contributed by atoms with van der Waals surface area (Å²) in [5.74, 6) is 1.11. The first-order chi connectivity index (χ1) is 16.9. The van der Waals surface area contributed by atoms with Crippen molar-refractivity contribution in [1.29, 1.82) is 0 Å². The minimum atomic E-state index is -0.0231. The third kappa shape index (κ3) is 3.96. The number of nitrogens with one attached hydrogen (secondary N) is 1. The summed E-state index contributed by atoms with van der Waals surface area (Å²) < 4.78 is 8.03. The van der Waals surface area contributed by atoms with Crippen LogP contribution in [-0.2, 0) is 17.6 Å². The van der Waals surface area contributed by atoms with Crippen LogP contribution in [0.2, 0.25) is 5.02 Å². The summed E-state index contributed by atoms with van der Waals surface area (Å²) in [4.78, 5) is 25.4. The number of likely N-dealkylation sites (N-methyl/N-ethyl adjacent to an activating group) is 1. The first kappa shape index (κ1) is 23.0. The second-order valence-electron chi connectivity index (χ2n) is 10.6. The maximum Gasteiger partial charge on any atom is 0.255 e. The van der Waals surface area contributed by atoms with Gasteiger partial charge >= 0.3 is 0 Å². The quantitative estimate of drug-likeness (QED) is 0.592. The smallest absolute Gasteiger partial charge is 0.255 e. The summed E-state index contributed by atoms with van der Waals surface area (Å²) in [5, 5.41) is 6.56. The highest BCUT2D eigenvalue weighted by molar-refractivity contribution is 6.32. The van der Waals surface area contributed by atoms with Crippen LogP contribution in [0.5, 0.6) is 0 Å². The molecule has 3 unspecified atom stereocenters. The molecule has 6 rings (SSSR count). The fraction of sp³-hybridized carbons (Fsp3) is 0.577. The van der Waals surface area contributed by atoms with E-state index in [9.17, 15) is 4.79 Å². The topological polar surface area (TPSA) is 79.3 Å². The molecule has 4 heterocycles. The molecule has 35 heavy (non-hydrogen) atoms. The highest BCUT2D eigenvalue weighted by Gasteiger charge is 2.35. The fourth-order valence-corrected chi connectivity index (χ4v) is 6.22. The standard InChI is InChI=1S/C26H33ClN6O2/c1-15-10-18-21(29-26(30-25(18)34)32-13-16(14-32)31(2)3)11-17(15)24-19-12-28-33(22(19)8-7-20(24)27)23-6-4-5-9-35-23/h7-8,12,15-17,23H,4-6,9-11,13-14H2,1-3H3,(H,29,30,34). The largest absolute Gasteiger partial charge is 0.356 e. The Bertz CT molecular complexity index is 1310. The molecule has 186 valence electrons. The Morgan fingerprint density at radius 3 is 2.77 bits per heavy atom. The van der Waals surface area contributed by atoms with Gasteiger partial charge in [0.2, 0.25) is 5.95 Å². The van der Waals surface area contributed by atoms with Gasteiger partial charge in [-0.15, -0.1) is 0 Å². The van der Waals surface area contributed by atoms with E-state index in [-0.39, 0.29) is 23.6 Å². The molecule has 2 aromatic heterocycles. The Kier molecular flexibility index (Phi) is 5.86. The van der Waals surface area contributed by atoms with Gasteiger partial charge < -0.3 is 14.5 Å². The van der Waals surface area contributed by atoms with Crippen molar-refractivity contribution < 1.29 is 4.74 Å². The maximum absolute atomic E-state index is 13.0. The van der Waals surface area contributed by atoms with Gasteiger partial charge in [0.25, 0.3) is 5.56 Å². The van der Waals surface area contributed by atoms with Crippen LogP contribution in [0.4, 0.5) is 5.95 Å². The van der Waals surface area contributed by atoms with E-state index < -0.39 is 0 Å². The molecule has 3 aromatic rings. The molecule has 2 saturated heterocycles. The van der Waals surface area contributed by atoms with Gasteiger partial charge in [-0.25, -0.2) is 9.67 Å². The van der Waals surface area contributed by atoms with Crippen molar-refractivity contribution in [2.45, 2.75) is 57.2 Å². The summed E-state index contributed by atoms with van der Waals surface area (Å²) in [7, 11) is 4.17. The minimum Gasteiger partial charge on any atom is -0.356 e. The molecule has 9 heteroatoms. The van der Waals surface area contributed by atoms with Crippen LogP contribution in [0.3, 0.4) is 0 Å². The van der Waals surface area contributed by atoms with Gasteiger partial charge in [-0.3, -0.25) is 9.78 Å². The minimum absolute atomic E-state index is 0.00447. The van der Waals surface area contributed by atoms with Crippen molar-refractivity contribution in [3.05, 3.63) is 50.5 Å². The molecule has 3 atom stereocenters. The van der Waals surface area contributed by atoms with E-state index in [0.717, 1.165) is 71.7 Å². The van der Waals surface area contributed by atoms with E-state index in [1.54, 1.807) is 0 Å². The number of benzene rings is 1. The van der Waals surface area contributed by atoms with E-state index in [1.807, 2.05) is 16.9 Å². The SMILES string of the molecule is CC1Cc2c(nc(N3CC(N(C)C)C3)[nH]c2=O)CC1c1c(Cl)ccc2c1cnn2C1CCCCO1. The molecular weight excluding hydrogens is 464 g/mol. The van der Waals surface area contributed by atoms with E-state index >= 15 is 0 Å². The van der Waals surface area contributed by atoms with Crippen LogP contribution >= 0.6 is 11.6 Å². The second-order valence-corrected chi connectivity index (χ2v) is 11.0. The molecule has 0 saturated carbocycles. The molecule has 0 amide bonds. The number of fused-ring (bicyclic) bond motifs is 2. The number of halogens is 1. The number of H-pyrrole nitrogens is 1. The molecule has 2 fully saturated rings. The Balaban J connectivity index is 1.35. The zero-order chi connectivity index (χ0) is 24.3. The molecule has 1 aliphatic carbocycles. The summed E-state index contributed by atoms with van der Waals surface area (Å²) in [6.45, 7) is 4.74. The highest BCUT2D eigenvalue weighted by Crippen LogP contribution is 2.42. The Morgan fingerprint density at radius 2 is 2.03 bits per heavy atom. The van der Waals surface area contributed by atoms with Gasteiger partial charge in [0.1, 0.15) is 0 Å². The van der Waals surface area contributed by atoms with Crippen molar-refractivity contribution in [2.24, 2.45) is 5.92 Å². The molecule has 8 nitrogen and oxygen atoms in total. The Morgan fingerprint density at radius 1 is 1.20 bits per heavy atom. The number of hydrogen-bond donors (Lipinski definition) is 1. The normalized spacial score (nSPS) is 25.2. The van der Waals surface area contributed by atoms with Crippen molar-refractivity contribution >= 4 is 28.5 Å². The molecule has 1 aromatic carbocycles. The van der Waals surface area contributed by atoms with Crippen molar-refractivity contribution in [1.82, 2.24) is 24.6 Å². The number of aromatic amines is 1. The van der Waals surface area contributed by atoms with Crippen LogP contribution in [0.15, 0.2) is 23.1 Å². The predicted molar refractivity (Wildman–Crippen MR) is 137 cm³/mol. The number of aromatic nitrogens is 4. The molecular formula is C26H33ClN6O2. The Labute approximate surface area is 210 Å². The number of rotatable bonds is 4. The molecule has 0 bridgehead atoms. The van der Waals surface area contributed by atoms with Crippen LogP contribution in [0.1, 0.15) is 55.2 Å². The summed E-state index contributed by atoms with van der Waals surface area (Å²) in [5.41, 5.74) is 3.89. The molecule has 2 aliphatic heterocycles. The van der Waals surface area contributed by atoms with Gasteiger partial charge in [-0.05, 0) is 75.7 Å². The number of hydrogen-bond acceptors (Lipinski definition) is 6. The third-order valence-electron chi connectivity index (χ3n) is 8.18. The van der Waals surface area contributed by atoms with Crippen molar-refractivity contribution in [2.75, 3.05) is 38.7 Å². The van der Waals surface area contributed by atoms with Crippen LogP contribution in [0, 0.1) is 5.92 Å². The maximum atomic E-state index is 13.0. The lowest BCUT2D eigenvalue weighted by molar-refractivity contribution is -0.0366. The number of nitrogens with zero attached hydrogens (tertiary/aromatic N) is 5. The molecule has 1 N–H and O–H groups in total. The van der Waals surface area contributed by atoms with E-state index in [1.165, 1.54) is 0 Å². The zero-order valence-corrected chi connectivity index (χ0v) is 21.4. The highest BCUT2D eigenvalue weighted by atomic mass is 35.5. The van der Waals surface area contributed by atoms with Crippen molar-refractivity contribution in [3.8, 4) is 0 Å². The summed E-state index contributed by atoms with van der Waals surface area (Å²) in [6.07, 6.45) is 6.53. The van der Waals surface area contributed by atoms with Crippen molar-refractivity contribution in [3.63, 3.8) is 0 Å². The summed E-state index contributed by atoms with van der Waals surface area (Å²) >= 11 is 6.84. The lowest BCUT2D eigenvalue weighted by Gasteiger charge is -2.43. The lowest BCUT2D eigenvalue weighted by atomic mass is 9.74. The van der Waals surface area contributed by atoms with E-state index in [2.05, 4.69) is 41.9 Å². The average molecular weight is 497 g/mol. The summed E-state index contributed by atoms with van der Waals surface area (Å²) in [6, 6.07) is 4.53. The molecule has 0 radical (unpaired) electrons. The Hall–Kier alpha value is -2.42. The van der Waals surface area contributed by atoms with Crippen LogP contribution < -0.4 is 10.5 Å². The fourth-order valence-electron chi connectivity index (χ4n) is 5.91. The lowest BCUT2D eigenvalue weighted by Crippen LogP contribution is -2.58. The van der Waals surface area contributed by atoms with Gasteiger partial charge in [0.05, 0.1) is 17.4 Å². The monoisotopic (exact) mass is 496 g/mol. The van der Waals surface area contributed by atoms with Gasteiger partial charge in [-0.2, -0.15) is 5.10 Å². The third-order valence-corrected chi connectivity index (χ3v) is 8.50. The van der Waals surface area contributed by atoms with E-state index in [0.29, 0.717) is 24.8 Å². The average Bonchev–Trinajstić information content (AvgIpc) is 3.23. The first-order valence-corrected chi connectivity index (χ1v) is 13.1. The molecule has 0 spiro atoms. The number of ether oxygens (including phenoxy) is 1. The number of anilines is 1. The van der Waals surface area contributed by atoms with Crippen LogP contribution in [0.25, 0.3) is 10.9 Å². The first-order valence-electron chi connectivity index (χ1n) is 12.7. The van der Waals surface area contributed by atoms with Crippen LogP contribution in [-0.4, -0.2) is 64.5 Å². The molecule has 3 aliphatic rings. The van der Waals surface area contributed by atoms with Gasteiger partial charge in [-0.1, -0.05) is 18.5 Å². The van der Waals surface area contributed by atoms with Gasteiger partial charge in [0, 0.05) is 41.7 Å². The zero-order valence-electron chi connectivity index (χ0n) is 20.6.